The number of carboxylic acid groups (broad SMARTS) is 1. The lowest BCUT2D eigenvalue weighted by Gasteiger charge is -2.28. The van der Waals surface area contributed by atoms with E-state index in [1.54, 1.807) is 19.0 Å². The third-order valence-corrected chi connectivity index (χ3v) is 5.86. The molecule has 5 nitrogen and oxygen atoms in total. The summed E-state index contributed by atoms with van der Waals surface area (Å²) in [5.41, 5.74) is 3.16. The first-order chi connectivity index (χ1) is 13.9. The Morgan fingerprint density at radius 3 is 2.17 bits per heavy atom. The lowest BCUT2D eigenvalue weighted by Crippen LogP contribution is -2.32. The van der Waals surface area contributed by atoms with Gasteiger partial charge in [-0.1, -0.05) is 41.4 Å². The molecule has 1 aromatic carbocycles. The lowest BCUT2D eigenvalue weighted by molar-refractivity contribution is -0.192. The Balaban J connectivity index is 0.000000396. The standard InChI is InChI=1S/C18H22Cl2N2O.C2HF3O2/c1-21(2)18(23)14-9-13(10-14)15-6-5-12(16(19)17(15)20)11-22-7-3-4-8-22;3-2(4,5)1(6)7/h5-6,9,14H,3-4,7-8,10-11H2,1-2H3;(H,6,7). The average Bonchev–Trinajstić information content (AvgIpc) is 3.12. The van der Waals surface area contributed by atoms with Crippen LogP contribution in [0.25, 0.3) is 5.57 Å². The second kappa shape index (κ2) is 10.0. The summed E-state index contributed by atoms with van der Waals surface area (Å²) in [6.45, 7) is 3.13. The number of aliphatic carboxylic acids is 1. The van der Waals surface area contributed by atoms with Crippen LogP contribution in [0.4, 0.5) is 13.2 Å². The molecule has 0 aromatic heterocycles. The molecule has 2 aliphatic rings. The van der Waals surface area contributed by atoms with Crippen molar-refractivity contribution >= 4 is 40.7 Å². The molecule has 1 amide bonds. The molecule has 1 N–H and O–H groups in total. The van der Waals surface area contributed by atoms with Crippen LogP contribution >= 0.6 is 23.2 Å². The van der Waals surface area contributed by atoms with Gasteiger partial charge >= 0.3 is 12.1 Å². The van der Waals surface area contributed by atoms with E-state index in [2.05, 4.69) is 11.0 Å². The fourth-order valence-electron chi connectivity index (χ4n) is 3.28. The van der Waals surface area contributed by atoms with Crippen LogP contribution in [0.5, 0.6) is 0 Å². The van der Waals surface area contributed by atoms with Gasteiger partial charge in [0.1, 0.15) is 0 Å². The number of carbonyl (C=O) groups excluding carboxylic acids is 1. The Morgan fingerprint density at radius 1 is 1.17 bits per heavy atom. The molecule has 0 radical (unpaired) electrons. The molecule has 1 aliphatic heterocycles. The average molecular weight is 467 g/mol. The summed E-state index contributed by atoms with van der Waals surface area (Å²) in [5, 5.41) is 8.39. The largest absolute Gasteiger partial charge is 0.490 e. The molecule has 10 heteroatoms. The van der Waals surface area contributed by atoms with E-state index in [0.717, 1.165) is 42.8 Å². The fraction of sp³-hybridized carbons (Fsp3) is 0.500. The summed E-state index contributed by atoms with van der Waals surface area (Å²) >= 11 is 13.0. The van der Waals surface area contributed by atoms with Crippen molar-refractivity contribution in [3.63, 3.8) is 0 Å². The number of rotatable bonds is 4. The topological polar surface area (TPSA) is 60.9 Å². The molecule has 0 saturated carbocycles. The van der Waals surface area contributed by atoms with Gasteiger partial charge in [0.15, 0.2) is 0 Å². The van der Waals surface area contributed by atoms with Gasteiger partial charge in [-0.2, -0.15) is 13.2 Å². The number of allylic oxidation sites excluding steroid dienone is 1. The SMILES string of the molecule is CN(C)C(=O)C1C=C(c2ccc(CN3CCCC3)c(Cl)c2Cl)C1.O=C(O)C(F)(F)F. The highest BCUT2D eigenvalue weighted by molar-refractivity contribution is 6.43. The van der Waals surface area contributed by atoms with Gasteiger partial charge in [0.05, 0.1) is 16.0 Å². The molecule has 3 rings (SSSR count). The van der Waals surface area contributed by atoms with E-state index in [1.807, 2.05) is 12.1 Å². The van der Waals surface area contributed by atoms with E-state index in [9.17, 15) is 18.0 Å². The third-order valence-electron chi connectivity index (χ3n) is 4.94. The first-order valence-corrected chi connectivity index (χ1v) is 10.1. The molecule has 1 aliphatic carbocycles. The minimum absolute atomic E-state index is 0.0286. The van der Waals surface area contributed by atoms with E-state index in [0.29, 0.717) is 10.0 Å². The molecule has 0 spiro atoms. The van der Waals surface area contributed by atoms with Crippen LogP contribution in [0, 0.1) is 5.92 Å². The number of benzene rings is 1. The Kier molecular flexibility index (Phi) is 8.19. The number of alkyl halides is 3. The predicted molar refractivity (Wildman–Crippen MR) is 109 cm³/mol. The smallest absolute Gasteiger partial charge is 0.475 e. The summed E-state index contributed by atoms with van der Waals surface area (Å²) in [6.07, 6.45) is 0.174. The maximum atomic E-state index is 11.9. The monoisotopic (exact) mass is 466 g/mol. The second-order valence-corrected chi connectivity index (χ2v) is 8.18. The summed E-state index contributed by atoms with van der Waals surface area (Å²) in [6, 6.07) is 4.12. The van der Waals surface area contributed by atoms with Crippen LogP contribution in [0.15, 0.2) is 18.2 Å². The minimum Gasteiger partial charge on any atom is -0.475 e. The highest BCUT2D eigenvalue weighted by Crippen LogP contribution is 2.41. The zero-order valence-electron chi connectivity index (χ0n) is 16.6. The molecular weight excluding hydrogens is 444 g/mol. The first-order valence-electron chi connectivity index (χ1n) is 9.33. The molecule has 0 bridgehead atoms. The normalized spacial score (nSPS) is 18.8. The number of amides is 1. The van der Waals surface area contributed by atoms with Gasteiger partial charge in [-0.15, -0.1) is 0 Å². The van der Waals surface area contributed by atoms with E-state index in [4.69, 9.17) is 33.1 Å². The molecule has 1 fully saturated rings. The fourth-order valence-corrected chi connectivity index (χ4v) is 3.81. The number of carbonyl (C=O) groups is 2. The molecule has 166 valence electrons. The number of hydrogen-bond acceptors (Lipinski definition) is 3. The molecule has 30 heavy (non-hydrogen) atoms. The Bertz CT molecular complexity index is 835. The highest BCUT2D eigenvalue weighted by Gasteiger charge is 2.38. The highest BCUT2D eigenvalue weighted by atomic mass is 35.5. The van der Waals surface area contributed by atoms with Gasteiger partial charge < -0.3 is 10.0 Å². The molecule has 1 saturated heterocycles. The van der Waals surface area contributed by atoms with Crippen molar-refractivity contribution in [1.29, 1.82) is 0 Å². The summed E-state index contributed by atoms with van der Waals surface area (Å²) in [4.78, 5) is 24.9. The van der Waals surface area contributed by atoms with Crippen molar-refractivity contribution in [1.82, 2.24) is 9.80 Å². The van der Waals surface area contributed by atoms with Gasteiger partial charge in [0.25, 0.3) is 0 Å². The van der Waals surface area contributed by atoms with Crippen LogP contribution in [0.2, 0.25) is 10.0 Å². The van der Waals surface area contributed by atoms with Crippen LogP contribution in [0.1, 0.15) is 30.4 Å². The Morgan fingerprint density at radius 2 is 1.70 bits per heavy atom. The van der Waals surface area contributed by atoms with Gasteiger partial charge in [0, 0.05) is 20.6 Å². The number of carboxylic acids is 1. The van der Waals surface area contributed by atoms with E-state index in [1.165, 1.54) is 12.8 Å². The number of hydrogen-bond donors (Lipinski definition) is 1. The van der Waals surface area contributed by atoms with Crippen molar-refractivity contribution in [2.24, 2.45) is 5.92 Å². The zero-order valence-corrected chi connectivity index (χ0v) is 18.1. The minimum atomic E-state index is -5.08. The maximum Gasteiger partial charge on any atom is 0.490 e. The number of nitrogens with zero attached hydrogens (tertiary/aromatic N) is 2. The lowest BCUT2D eigenvalue weighted by atomic mass is 9.81. The van der Waals surface area contributed by atoms with E-state index < -0.39 is 12.1 Å². The van der Waals surface area contributed by atoms with Gasteiger partial charge in [-0.25, -0.2) is 4.79 Å². The summed E-state index contributed by atoms with van der Waals surface area (Å²) < 4.78 is 31.7. The van der Waals surface area contributed by atoms with Gasteiger partial charge in [0.2, 0.25) is 5.91 Å². The van der Waals surface area contributed by atoms with Crippen molar-refractivity contribution in [3.8, 4) is 0 Å². The van der Waals surface area contributed by atoms with Crippen molar-refractivity contribution in [3.05, 3.63) is 39.4 Å². The van der Waals surface area contributed by atoms with E-state index >= 15 is 0 Å². The van der Waals surface area contributed by atoms with Crippen LogP contribution < -0.4 is 0 Å². The van der Waals surface area contributed by atoms with Crippen LogP contribution in [-0.4, -0.2) is 60.1 Å². The van der Waals surface area contributed by atoms with Crippen molar-refractivity contribution in [2.45, 2.75) is 32.0 Å². The molecule has 1 heterocycles. The molecule has 1 unspecified atom stereocenters. The summed E-state index contributed by atoms with van der Waals surface area (Å²) in [5.74, 6) is -2.65. The van der Waals surface area contributed by atoms with Crippen molar-refractivity contribution < 1.29 is 27.9 Å². The molecule has 1 aromatic rings. The quantitative estimate of drug-likeness (QED) is 0.697. The summed E-state index contributed by atoms with van der Waals surface area (Å²) in [7, 11) is 3.57. The van der Waals surface area contributed by atoms with Gasteiger partial charge in [-0.3, -0.25) is 9.69 Å². The molecule has 1 atom stereocenters. The van der Waals surface area contributed by atoms with E-state index in [-0.39, 0.29) is 11.8 Å². The first kappa shape index (κ1) is 24.5. The number of halogens is 5. The van der Waals surface area contributed by atoms with Gasteiger partial charge in [-0.05, 0) is 49.1 Å². The Hall–Kier alpha value is -1.77. The van der Waals surface area contributed by atoms with Crippen LogP contribution in [-0.2, 0) is 16.1 Å². The Labute approximate surface area is 183 Å². The number of likely N-dealkylation sites (tertiary alicyclic amines) is 1. The maximum absolute atomic E-state index is 11.9. The predicted octanol–water partition coefficient (Wildman–Crippen LogP) is 4.71. The third kappa shape index (κ3) is 6.12. The molecular formula is C20H23Cl2F3N2O3. The zero-order chi connectivity index (χ0) is 22.6. The second-order valence-electron chi connectivity index (χ2n) is 7.42. The van der Waals surface area contributed by atoms with Crippen LogP contribution in [0.3, 0.4) is 0 Å². The van der Waals surface area contributed by atoms with Crippen molar-refractivity contribution in [2.75, 3.05) is 27.2 Å².